The molecule has 24 nitrogen and oxygen atoms in total. The number of carboxylic acids is 1. The van der Waals surface area contributed by atoms with Crippen molar-refractivity contribution in [3.63, 3.8) is 0 Å². The van der Waals surface area contributed by atoms with Gasteiger partial charge in [-0.15, -0.1) is 0 Å². The Balaban J connectivity index is 4.32. The molecule has 1 saturated heterocycles. The monoisotopic (exact) mass is 1270 g/mol. The molecule has 0 saturated carbocycles. The van der Waals surface area contributed by atoms with E-state index in [9.17, 15) is 48.3 Å². The molecule has 5 N–H and O–H groups in total. The standard InChI is InChI=1S/C66H118N10O14/c1-24-47-63(87)70(17)36-53(78)71(18)48(31-37(2)3)52(77)35-46(41(10)11)62(86)72(19)49(32-38(4)5)59(83)67-44(15)58(82)68-45(16)61(85)73(20)50(33-39(6)7)64(88)74(21)51(34-40(8)9)65(89)75(22)55(42(12)13)66(90)76(23)56(60(84)69-47)57(81)43(14)29-27-25-26-28-30-54(79)80/h37-51,55-57,81H,24-36H2,1-23H3,(H,67,83)(H,68,82)(H,69,84)(H,79,80)/t43-,44+,45-,46?,47+,48+,49+,50+,51+,55+,56+,57-/m1/s1. The maximum atomic E-state index is 15.3. The van der Waals surface area contributed by atoms with Crippen molar-refractivity contribution in [3.05, 3.63) is 0 Å². The molecule has 0 aliphatic carbocycles. The molecule has 1 rings (SSSR count). The molecule has 0 spiro atoms. The third kappa shape index (κ3) is 24.1. The van der Waals surface area contributed by atoms with Gasteiger partial charge in [-0.3, -0.25) is 57.5 Å². The van der Waals surface area contributed by atoms with Crippen LogP contribution in [0.2, 0.25) is 0 Å². The lowest BCUT2D eigenvalue weighted by Gasteiger charge is -2.41. The van der Waals surface area contributed by atoms with Gasteiger partial charge in [-0.25, -0.2) is 0 Å². The number of carbonyl (C=O) groups is 12. The third-order valence-corrected chi connectivity index (χ3v) is 17.5. The summed E-state index contributed by atoms with van der Waals surface area (Å²) in [6.45, 7) is 27.6. The van der Waals surface area contributed by atoms with Crippen LogP contribution >= 0.6 is 0 Å². The van der Waals surface area contributed by atoms with E-state index in [0.717, 1.165) is 9.80 Å². The van der Waals surface area contributed by atoms with Crippen LogP contribution in [0.15, 0.2) is 0 Å². The molecular weight excluding hydrogens is 1160 g/mol. The molecule has 0 radical (unpaired) electrons. The van der Waals surface area contributed by atoms with Gasteiger partial charge in [0.15, 0.2) is 5.78 Å². The Hall–Kier alpha value is -6.20. The van der Waals surface area contributed by atoms with Crippen LogP contribution in [-0.2, 0) is 57.5 Å². The molecule has 1 unspecified atom stereocenters. The number of nitrogens with one attached hydrogen (secondary N) is 3. The van der Waals surface area contributed by atoms with Gasteiger partial charge in [-0.05, 0) is 100 Å². The molecule has 24 heteroatoms. The highest BCUT2D eigenvalue weighted by molar-refractivity contribution is 5.99. The number of carboxylic acid groups (broad SMARTS) is 1. The van der Waals surface area contributed by atoms with Crippen LogP contribution in [0.5, 0.6) is 0 Å². The van der Waals surface area contributed by atoms with Gasteiger partial charge in [0, 0.05) is 68.1 Å². The van der Waals surface area contributed by atoms with Crippen LogP contribution in [0.3, 0.4) is 0 Å². The first-order chi connectivity index (χ1) is 41.6. The molecular formula is C66H118N10O14. The predicted molar refractivity (Wildman–Crippen MR) is 346 cm³/mol. The topological polar surface area (TPSA) is 304 Å². The highest BCUT2D eigenvalue weighted by Gasteiger charge is 2.46. The zero-order valence-electron chi connectivity index (χ0n) is 59.0. The van der Waals surface area contributed by atoms with Crippen molar-refractivity contribution in [2.75, 3.05) is 55.9 Å². The largest absolute Gasteiger partial charge is 0.481 e. The molecule has 516 valence electrons. The molecule has 90 heavy (non-hydrogen) atoms. The van der Waals surface area contributed by atoms with Crippen LogP contribution in [0, 0.1) is 47.3 Å². The molecule has 0 bridgehead atoms. The maximum absolute atomic E-state index is 15.3. The lowest BCUT2D eigenvalue weighted by molar-refractivity contribution is -0.157. The number of ketones is 1. The van der Waals surface area contributed by atoms with Gasteiger partial charge >= 0.3 is 5.97 Å². The van der Waals surface area contributed by atoms with Gasteiger partial charge in [-0.2, -0.15) is 0 Å². The van der Waals surface area contributed by atoms with E-state index in [0.29, 0.717) is 32.1 Å². The average Bonchev–Trinajstić information content (AvgIpc) is 0.975. The Morgan fingerprint density at radius 3 is 1.40 bits per heavy atom. The number of carbonyl (C=O) groups excluding carboxylic acids is 11. The molecule has 1 aliphatic rings. The number of rotatable bonds is 20. The minimum absolute atomic E-state index is 0.00283. The summed E-state index contributed by atoms with van der Waals surface area (Å²) in [5.74, 6) is -11.3. The first-order valence-corrected chi connectivity index (χ1v) is 32.7. The molecule has 1 fully saturated rings. The lowest BCUT2D eigenvalue weighted by atomic mass is 9.85. The van der Waals surface area contributed by atoms with Crippen LogP contribution < -0.4 is 16.0 Å². The number of aliphatic hydroxyl groups excluding tert-OH is 1. The van der Waals surface area contributed by atoms with Crippen molar-refractivity contribution >= 4 is 70.8 Å². The lowest BCUT2D eigenvalue weighted by Crippen LogP contribution is -2.63. The molecule has 1 heterocycles. The summed E-state index contributed by atoms with van der Waals surface area (Å²) < 4.78 is 0. The van der Waals surface area contributed by atoms with E-state index in [1.165, 1.54) is 87.7 Å². The summed E-state index contributed by atoms with van der Waals surface area (Å²) in [6, 6.07) is -11.2. The first kappa shape index (κ1) is 81.8. The normalized spacial score (nSPS) is 26.0. The SMILES string of the molecule is CC[C@@H]1NC(=O)[C@H]([C@H](O)[C@H](C)CCCCCCC(=O)O)N(C)C(=O)[C@H](C(C)C)N(C)C(=O)[C@H](CC(C)C)N(C)C(=O)[C@H](CC(C)C)N(C)C(=O)[C@@H](C)NC(=O)[C@H](C)NC(=O)[C@H](CC(C)C)N(C)C(=O)C(C(C)C)CC(=O)[C@H](CC(C)C)N(C)C(=O)CN(C)C1=O. The Morgan fingerprint density at radius 2 is 0.922 bits per heavy atom. The minimum atomic E-state index is -1.65. The molecule has 0 aromatic carbocycles. The summed E-state index contributed by atoms with van der Waals surface area (Å²) in [5, 5.41) is 29.6. The number of amides is 10. The zero-order valence-corrected chi connectivity index (χ0v) is 59.0. The second kappa shape index (κ2) is 38.0. The van der Waals surface area contributed by atoms with Crippen molar-refractivity contribution in [1.82, 2.24) is 50.2 Å². The van der Waals surface area contributed by atoms with E-state index < -0.39 is 162 Å². The number of unbranched alkanes of at least 4 members (excludes halogenated alkanes) is 3. The van der Waals surface area contributed by atoms with E-state index in [1.807, 2.05) is 55.4 Å². The van der Waals surface area contributed by atoms with Gasteiger partial charge in [0.2, 0.25) is 59.1 Å². The highest BCUT2D eigenvalue weighted by atomic mass is 16.4. The van der Waals surface area contributed by atoms with Crippen molar-refractivity contribution in [2.24, 2.45) is 47.3 Å². The number of hydrogen-bond acceptors (Lipinski definition) is 13. The zero-order chi connectivity index (χ0) is 69.7. The number of hydrogen-bond donors (Lipinski definition) is 5. The number of Topliss-reactive ketones (excluding diaryl/α,β-unsaturated/α-hetero) is 1. The average molecular weight is 1280 g/mol. The number of nitrogens with zero attached hydrogens (tertiary/aromatic N) is 7. The van der Waals surface area contributed by atoms with Crippen molar-refractivity contribution in [1.29, 1.82) is 0 Å². The first-order valence-electron chi connectivity index (χ1n) is 32.7. The summed E-state index contributed by atoms with van der Waals surface area (Å²) >= 11 is 0. The van der Waals surface area contributed by atoms with E-state index >= 15 is 14.4 Å². The van der Waals surface area contributed by atoms with Crippen LogP contribution in [0.4, 0.5) is 0 Å². The summed E-state index contributed by atoms with van der Waals surface area (Å²) in [6.07, 6.45) is 1.42. The predicted octanol–water partition coefficient (Wildman–Crippen LogP) is 4.82. The Labute approximate surface area is 538 Å². The quantitative estimate of drug-likeness (QED) is 0.102. The molecule has 10 amide bonds. The smallest absolute Gasteiger partial charge is 0.303 e. The van der Waals surface area contributed by atoms with E-state index in [1.54, 1.807) is 41.5 Å². The summed E-state index contributed by atoms with van der Waals surface area (Å²) in [4.78, 5) is 181. The Kier molecular flexibility index (Phi) is 34.5. The number of likely N-dealkylation sites (N-methyl/N-ethyl adjacent to an activating group) is 7. The van der Waals surface area contributed by atoms with Gasteiger partial charge in [0.05, 0.1) is 18.7 Å². The second-order valence-corrected chi connectivity index (χ2v) is 27.9. The molecule has 1 aliphatic heterocycles. The molecule has 12 atom stereocenters. The van der Waals surface area contributed by atoms with Gasteiger partial charge < -0.3 is 60.5 Å². The van der Waals surface area contributed by atoms with Crippen LogP contribution in [0.1, 0.15) is 188 Å². The summed E-state index contributed by atoms with van der Waals surface area (Å²) in [5.41, 5.74) is 0. The van der Waals surface area contributed by atoms with Crippen molar-refractivity contribution < 1.29 is 67.7 Å². The van der Waals surface area contributed by atoms with Crippen LogP contribution in [0.25, 0.3) is 0 Å². The fraction of sp³-hybridized carbons (Fsp3) is 0.818. The van der Waals surface area contributed by atoms with Gasteiger partial charge in [0.25, 0.3) is 0 Å². The van der Waals surface area contributed by atoms with E-state index in [4.69, 9.17) is 5.11 Å². The van der Waals surface area contributed by atoms with Crippen LogP contribution in [-0.4, -0.2) is 232 Å². The van der Waals surface area contributed by atoms with Crippen molar-refractivity contribution in [3.8, 4) is 0 Å². The van der Waals surface area contributed by atoms with E-state index in [2.05, 4.69) is 16.0 Å². The molecule has 0 aromatic rings. The van der Waals surface area contributed by atoms with Crippen molar-refractivity contribution in [2.45, 2.75) is 248 Å². The Morgan fingerprint density at radius 1 is 0.478 bits per heavy atom. The number of aliphatic hydroxyl groups is 1. The second-order valence-electron chi connectivity index (χ2n) is 27.9. The van der Waals surface area contributed by atoms with E-state index in [-0.39, 0.29) is 68.6 Å². The van der Waals surface area contributed by atoms with Gasteiger partial charge in [-0.1, -0.05) is 116 Å². The third-order valence-electron chi connectivity index (χ3n) is 17.5. The fourth-order valence-corrected chi connectivity index (χ4v) is 11.8. The van der Waals surface area contributed by atoms with Gasteiger partial charge in [0.1, 0.15) is 48.3 Å². The molecule has 0 aromatic heterocycles. The summed E-state index contributed by atoms with van der Waals surface area (Å²) in [7, 11) is 9.94. The fourth-order valence-electron chi connectivity index (χ4n) is 11.8. The number of aliphatic carboxylic acids is 1. The Bertz CT molecular complexity index is 2430. The highest BCUT2D eigenvalue weighted by Crippen LogP contribution is 2.28. The minimum Gasteiger partial charge on any atom is -0.481 e. The maximum Gasteiger partial charge on any atom is 0.303 e.